The van der Waals surface area contributed by atoms with E-state index in [1.54, 1.807) is 11.8 Å². The normalized spacial score (nSPS) is 13.4. The third kappa shape index (κ3) is 9.07. The Morgan fingerprint density at radius 2 is 1.85 bits per heavy atom. The molecule has 0 spiro atoms. The minimum atomic E-state index is 0.278. The van der Waals surface area contributed by atoms with Gasteiger partial charge in [0, 0.05) is 25.5 Å². The fourth-order valence-electron chi connectivity index (χ4n) is 3.31. The summed E-state index contributed by atoms with van der Waals surface area (Å²) >= 11 is 1.78. The first-order valence-corrected chi connectivity index (χ1v) is 11.5. The first kappa shape index (κ1) is 23.0. The van der Waals surface area contributed by atoms with E-state index < -0.39 is 0 Å². The summed E-state index contributed by atoms with van der Waals surface area (Å²) in [6, 6.07) is 4.03. The highest BCUT2D eigenvalue weighted by Crippen LogP contribution is 2.24. The van der Waals surface area contributed by atoms with Gasteiger partial charge < -0.3 is 4.90 Å². The second-order valence-electron chi connectivity index (χ2n) is 7.32. The zero-order valence-electron chi connectivity index (χ0n) is 17.2. The van der Waals surface area contributed by atoms with Gasteiger partial charge in [0.1, 0.15) is 0 Å². The van der Waals surface area contributed by atoms with Gasteiger partial charge in [-0.1, -0.05) is 59.8 Å². The second-order valence-corrected chi connectivity index (χ2v) is 8.43. The van der Waals surface area contributed by atoms with Gasteiger partial charge in [-0.2, -0.15) is 11.8 Å². The standard InChI is InChI=1S/C22H38N2OS/c1-5-8-10-21(7-3)19(4)16-24(17-20-11-13-23-14-12-20)22(25)18-26-15-9-6-2/h11-14,19,21H,5-10,15-18H2,1-4H3. The highest BCUT2D eigenvalue weighted by Gasteiger charge is 2.21. The van der Waals surface area contributed by atoms with E-state index in [-0.39, 0.29) is 5.91 Å². The van der Waals surface area contributed by atoms with Crippen LogP contribution in [0.5, 0.6) is 0 Å². The monoisotopic (exact) mass is 378 g/mol. The van der Waals surface area contributed by atoms with E-state index in [9.17, 15) is 4.79 Å². The Bertz CT molecular complexity index is 480. The van der Waals surface area contributed by atoms with Crippen LogP contribution in [0.3, 0.4) is 0 Å². The Kier molecular flexibility index (Phi) is 12.5. The second kappa shape index (κ2) is 14.1. The number of carbonyl (C=O) groups excluding carboxylic acids is 1. The number of carbonyl (C=O) groups is 1. The fraction of sp³-hybridized carbons (Fsp3) is 0.727. The molecule has 2 unspecified atom stereocenters. The fourth-order valence-corrected chi connectivity index (χ4v) is 4.31. The van der Waals surface area contributed by atoms with E-state index in [2.05, 4.69) is 37.6 Å². The summed E-state index contributed by atoms with van der Waals surface area (Å²) in [6.45, 7) is 10.6. The average Bonchev–Trinajstić information content (AvgIpc) is 2.66. The molecular formula is C22H38N2OS. The van der Waals surface area contributed by atoms with Crippen molar-refractivity contribution in [3.05, 3.63) is 30.1 Å². The van der Waals surface area contributed by atoms with Gasteiger partial charge in [-0.05, 0) is 41.7 Å². The van der Waals surface area contributed by atoms with E-state index >= 15 is 0 Å². The van der Waals surface area contributed by atoms with Crippen molar-refractivity contribution in [1.29, 1.82) is 0 Å². The summed E-state index contributed by atoms with van der Waals surface area (Å²) < 4.78 is 0. The molecule has 0 saturated carbocycles. The Balaban J connectivity index is 2.70. The molecule has 4 heteroatoms. The number of hydrogen-bond acceptors (Lipinski definition) is 3. The maximum atomic E-state index is 12.9. The number of nitrogens with zero attached hydrogens (tertiary/aromatic N) is 2. The van der Waals surface area contributed by atoms with Gasteiger partial charge in [0.2, 0.25) is 5.91 Å². The molecular weight excluding hydrogens is 340 g/mol. The van der Waals surface area contributed by atoms with Crippen LogP contribution in [0.25, 0.3) is 0 Å². The number of unbranched alkanes of at least 4 members (excludes halogenated alkanes) is 2. The van der Waals surface area contributed by atoms with Crippen LogP contribution in [0.4, 0.5) is 0 Å². The molecule has 0 radical (unpaired) electrons. The Labute approximate surface area is 165 Å². The van der Waals surface area contributed by atoms with Crippen molar-refractivity contribution in [2.24, 2.45) is 11.8 Å². The van der Waals surface area contributed by atoms with Crippen LogP contribution < -0.4 is 0 Å². The van der Waals surface area contributed by atoms with Crippen molar-refractivity contribution in [2.45, 2.75) is 72.8 Å². The van der Waals surface area contributed by atoms with Crippen LogP contribution in [0.15, 0.2) is 24.5 Å². The maximum Gasteiger partial charge on any atom is 0.232 e. The van der Waals surface area contributed by atoms with Crippen LogP contribution in [0.1, 0.15) is 71.8 Å². The smallest absolute Gasteiger partial charge is 0.232 e. The number of thioether (sulfide) groups is 1. The quantitative estimate of drug-likeness (QED) is 0.384. The minimum Gasteiger partial charge on any atom is -0.337 e. The van der Waals surface area contributed by atoms with Crippen molar-refractivity contribution in [3.63, 3.8) is 0 Å². The molecule has 0 saturated heterocycles. The largest absolute Gasteiger partial charge is 0.337 e. The van der Waals surface area contributed by atoms with E-state index in [0.29, 0.717) is 24.1 Å². The minimum absolute atomic E-state index is 0.278. The summed E-state index contributed by atoms with van der Waals surface area (Å²) in [4.78, 5) is 19.0. The molecule has 0 bridgehead atoms. The van der Waals surface area contributed by atoms with Crippen molar-refractivity contribution in [2.75, 3.05) is 18.1 Å². The summed E-state index contributed by atoms with van der Waals surface area (Å²) in [5, 5.41) is 0. The molecule has 0 N–H and O–H groups in total. The van der Waals surface area contributed by atoms with Gasteiger partial charge in [0.15, 0.2) is 0 Å². The molecule has 1 rings (SSSR count). The number of rotatable bonds is 14. The molecule has 1 aromatic rings. The van der Waals surface area contributed by atoms with Gasteiger partial charge >= 0.3 is 0 Å². The van der Waals surface area contributed by atoms with Crippen LogP contribution in [-0.4, -0.2) is 33.8 Å². The topological polar surface area (TPSA) is 33.2 Å². The lowest BCUT2D eigenvalue weighted by atomic mass is 9.86. The van der Waals surface area contributed by atoms with Crippen LogP contribution in [0, 0.1) is 11.8 Å². The summed E-state index contributed by atoms with van der Waals surface area (Å²) in [7, 11) is 0. The SMILES string of the molecule is CCCCSCC(=O)N(Cc1ccncc1)CC(C)C(CC)CCCC. The number of amides is 1. The van der Waals surface area contributed by atoms with Crippen LogP contribution in [0.2, 0.25) is 0 Å². The van der Waals surface area contributed by atoms with E-state index in [0.717, 1.165) is 12.3 Å². The molecule has 0 aliphatic carbocycles. The molecule has 1 amide bonds. The van der Waals surface area contributed by atoms with Crippen LogP contribution in [-0.2, 0) is 11.3 Å². The zero-order chi connectivity index (χ0) is 19.2. The van der Waals surface area contributed by atoms with Crippen molar-refractivity contribution in [1.82, 2.24) is 9.88 Å². The van der Waals surface area contributed by atoms with Gasteiger partial charge in [-0.25, -0.2) is 0 Å². The average molecular weight is 379 g/mol. The number of aromatic nitrogens is 1. The summed E-state index contributed by atoms with van der Waals surface area (Å²) in [5.41, 5.74) is 1.17. The zero-order valence-corrected chi connectivity index (χ0v) is 18.1. The number of hydrogen-bond donors (Lipinski definition) is 0. The molecule has 0 fully saturated rings. The Morgan fingerprint density at radius 1 is 1.15 bits per heavy atom. The molecule has 148 valence electrons. The highest BCUT2D eigenvalue weighted by molar-refractivity contribution is 7.99. The summed E-state index contributed by atoms with van der Waals surface area (Å²) in [6.07, 6.45) is 11.0. The lowest BCUT2D eigenvalue weighted by Gasteiger charge is -2.30. The van der Waals surface area contributed by atoms with Crippen molar-refractivity contribution < 1.29 is 4.79 Å². The first-order chi connectivity index (χ1) is 12.6. The third-order valence-electron chi connectivity index (χ3n) is 5.11. The maximum absolute atomic E-state index is 12.9. The molecule has 1 aromatic heterocycles. The van der Waals surface area contributed by atoms with E-state index in [4.69, 9.17) is 0 Å². The van der Waals surface area contributed by atoms with Crippen molar-refractivity contribution in [3.8, 4) is 0 Å². The Morgan fingerprint density at radius 3 is 2.46 bits per heavy atom. The Hall–Kier alpha value is -1.03. The molecule has 26 heavy (non-hydrogen) atoms. The molecule has 1 heterocycles. The van der Waals surface area contributed by atoms with Gasteiger partial charge in [0.05, 0.1) is 5.75 Å². The molecule has 3 nitrogen and oxygen atoms in total. The highest BCUT2D eigenvalue weighted by atomic mass is 32.2. The molecule has 0 aromatic carbocycles. The molecule has 0 aliphatic rings. The summed E-state index contributed by atoms with van der Waals surface area (Å²) in [5.74, 6) is 3.20. The van der Waals surface area contributed by atoms with Crippen molar-refractivity contribution >= 4 is 17.7 Å². The predicted molar refractivity (Wildman–Crippen MR) is 114 cm³/mol. The first-order valence-electron chi connectivity index (χ1n) is 10.4. The van der Waals surface area contributed by atoms with Gasteiger partial charge in [-0.3, -0.25) is 9.78 Å². The lowest BCUT2D eigenvalue weighted by Crippen LogP contribution is -2.37. The van der Waals surface area contributed by atoms with Gasteiger partial charge in [-0.15, -0.1) is 0 Å². The van der Waals surface area contributed by atoms with E-state index in [1.807, 2.05) is 24.5 Å². The molecule has 2 atom stereocenters. The van der Waals surface area contributed by atoms with E-state index in [1.165, 1.54) is 44.1 Å². The predicted octanol–water partition coefficient (Wildman–Crippen LogP) is 5.80. The van der Waals surface area contributed by atoms with Crippen LogP contribution >= 0.6 is 11.8 Å². The van der Waals surface area contributed by atoms with Gasteiger partial charge in [0.25, 0.3) is 0 Å². The number of pyridine rings is 1. The lowest BCUT2D eigenvalue weighted by molar-refractivity contribution is -0.129. The third-order valence-corrected chi connectivity index (χ3v) is 6.14. The molecule has 0 aliphatic heterocycles.